The average molecular weight is 347 g/mol. The summed E-state index contributed by atoms with van der Waals surface area (Å²) < 4.78 is 0. The first kappa shape index (κ1) is 17.5. The van der Waals surface area contributed by atoms with Crippen LogP contribution in [0.15, 0.2) is 48.7 Å². The van der Waals surface area contributed by atoms with E-state index in [2.05, 4.69) is 39.4 Å². The molecule has 2 heterocycles. The lowest BCUT2D eigenvalue weighted by molar-refractivity contribution is 0.0945. The molecule has 0 aliphatic heterocycles. The number of aromatic nitrogens is 3. The molecule has 6 heteroatoms. The van der Waals surface area contributed by atoms with E-state index in [0.29, 0.717) is 23.9 Å². The molecule has 0 aliphatic carbocycles. The molecule has 0 spiro atoms. The number of anilines is 2. The summed E-state index contributed by atoms with van der Waals surface area (Å²) >= 11 is 0. The molecule has 6 nitrogen and oxygen atoms in total. The largest absolute Gasteiger partial charge is 0.345 e. The summed E-state index contributed by atoms with van der Waals surface area (Å²) in [5, 5.41) is 6.07. The van der Waals surface area contributed by atoms with Crippen LogP contribution in [-0.4, -0.2) is 20.9 Å². The van der Waals surface area contributed by atoms with Gasteiger partial charge in [0.05, 0.1) is 12.2 Å². The fraction of sp³-hybridized carbons (Fsp3) is 0.200. The van der Waals surface area contributed by atoms with Gasteiger partial charge in [0.15, 0.2) is 0 Å². The van der Waals surface area contributed by atoms with Gasteiger partial charge in [-0.1, -0.05) is 12.1 Å². The summed E-state index contributed by atoms with van der Waals surface area (Å²) in [6, 6.07) is 13.3. The molecular weight excluding hydrogens is 326 g/mol. The minimum absolute atomic E-state index is 0.260. The highest BCUT2D eigenvalue weighted by atomic mass is 16.1. The molecule has 0 aliphatic rings. The predicted octanol–water partition coefficient (Wildman–Crippen LogP) is 3.47. The Bertz CT molecular complexity index is 925. The summed E-state index contributed by atoms with van der Waals surface area (Å²) in [4.78, 5) is 25.2. The number of aryl methyl sites for hydroxylation is 3. The van der Waals surface area contributed by atoms with Crippen LogP contribution in [0.4, 0.5) is 11.5 Å². The Kier molecular flexibility index (Phi) is 5.22. The summed E-state index contributed by atoms with van der Waals surface area (Å²) in [5.74, 6) is 0.856. The van der Waals surface area contributed by atoms with Gasteiger partial charge in [-0.05, 0) is 56.2 Å². The van der Waals surface area contributed by atoms with Crippen LogP contribution in [0.1, 0.15) is 33.1 Å². The Balaban J connectivity index is 1.74. The number of hydrogen-bond donors (Lipinski definition) is 2. The van der Waals surface area contributed by atoms with Crippen LogP contribution >= 0.6 is 0 Å². The van der Waals surface area contributed by atoms with Crippen molar-refractivity contribution < 1.29 is 4.79 Å². The van der Waals surface area contributed by atoms with Gasteiger partial charge < -0.3 is 10.6 Å². The molecule has 1 aromatic carbocycles. The number of carbonyl (C=O) groups is 1. The van der Waals surface area contributed by atoms with Crippen molar-refractivity contribution in [2.45, 2.75) is 27.3 Å². The van der Waals surface area contributed by atoms with Crippen LogP contribution in [0.2, 0.25) is 0 Å². The quantitative estimate of drug-likeness (QED) is 0.739. The SMILES string of the molecule is Cc1nc(Nc2ccc(C)c(C)c2)cc(C(=O)NCc2ccccn2)n1. The number of nitrogens with one attached hydrogen (secondary N) is 2. The fourth-order valence-corrected chi connectivity index (χ4v) is 2.48. The van der Waals surface area contributed by atoms with Crippen LogP contribution < -0.4 is 10.6 Å². The Morgan fingerprint density at radius 2 is 1.85 bits per heavy atom. The molecule has 26 heavy (non-hydrogen) atoms. The van der Waals surface area contributed by atoms with Crippen LogP contribution in [0.25, 0.3) is 0 Å². The van der Waals surface area contributed by atoms with E-state index in [1.54, 1.807) is 19.2 Å². The molecule has 0 saturated heterocycles. The maximum absolute atomic E-state index is 12.4. The third-order valence-corrected chi connectivity index (χ3v) is 4.01. The molecule has 0 saturated carbocycles. The Morgan fingerprint density at radius 3 is 2.58 bits per heavy atom. The van der Waals surface area contributed by atoms with E-state index >= 15 is 0 Å². The van der Waals surface area contributed by atoms with E-state index in [1.807, 2.05) is 36.4 Å². The summed E-state index contributed by atoms with van der Waals surface area (Å²) in [6.45, 7) is 6.24. The molecule has 3 aromatic rings. The van der Waals surface area contributed by atoms with Gasteiger partial charge in [-0.2, -0.15) is 0 Å². The molecule has 0 atom stereocenters. The smallest absolute Gasteiger partial charge is 0.270 e. The molecule has 3 rings (SSSR count). The zero-order chi connectivity index (χ0) is 18.5. The maximum atomic E-state index is 12.4. The van der Waals surface area contributed by atoms with Crippen molar-refractivity contribution >= 4 is 17.4 Å². The summed E-state index contributed by atoms with van der Waals surface area (Å²) in [7, 11) is 0. The van der Waals surface area contributed by atoms with E-state index in [4.69, 9.17) is 0 Å². The molecule has 0 fully saturated rings. The third kappa shape index (κ3) is 4.42. The van der Waals surface area contributed by atoms with Crippen LogP contribution in [0.3, 0.4) is 0 Å². The molecule has 0 radical (unpaired) electrons. The van der Waals surface area contributed by atoms with Crippen LogP contribution in [0.5, 0.6) is 0 Å². The van der Waals surface area contributed by atoms with Gasteiger partial charge in [-0.3, -0.25) is 9.78 Å². The standard InChI is InChI=1S/C20H21N5O/c1-13-7-8-16(10-14(13)2)25-19-11-18(23-15(3)24-19)20(26)22-12-17-6-4-5-9-21-17/h4-11H,12H2,1-3H3,(H,22,26)(H,23,24,25). The van der Waals surface area contributed by atoms with Crippen molar-refractivity contribution in [2.24, 2.45) is 0 Å². The number of carbonyl (C=O) groups excluding carboxylic acids is 1. The molecule has 2 aromatic heterocycles. The van der Waals surface area contributed by atoms with Crippen molar-refractivity contribution in [3.63, 3.8) is 0 Å². The number of hydrogen-bond acceptors (Lipinski definition) is 5. The van der Waals surface area contributed by atoms with E-state index in [1.165, 1.54) is 11.1 Å². The zero-order valence-corrected chi connectivity index (χ0v) is 15.1. The van der Waals surface area contributed by atoms with Gasteiger partial charge in [-0.25, -0.2) is 9.97 Å². The first-order valence-corrected chi connectivity index (χ1v) is 8.39. The second-order valence-corrected chi connectivity index (χ2v) is 6.11. The highest BCUT2D eigenvalue weighted by molar-refractivity contribution is 5.93. The lowest BCUT2D eigenvalue weighted by Gasteiger charge is -2.10. The minimum Gasteiger partial charge on any atom is -0.345 e. The third-order valence-electron chi connectivity index (χ3n) is 4.01. The number of nitrogens with zero attached hydrogens (tertiary/aromatic N) is 3. The fourth-order valence-electron chi connectivity index (χ4n) is 2.48. The summed E-state index contributed by atoms with van der Waals surface area (Å²) in [6.07, 6.45) is 1.70. The zero-order valence-electron chi connectivity index (χ0n) is 15.1. The molecular formula is C20H21N5O. The lowest BCUT2D eigenvalue weighted by atomic mass is 10.1. The first-order chi connectivity index (χ1) is 12.5. The van der Waals surface area contributed by atoms with E-state index in [9.17, 15) is 4.79 Å². The van der Waals surface area contributed by atoms with Gasteiger partial charge in [0, 0.05) is 18.0 Å². The second kappa shape index (κ2) is 7.74. The van der Waals surface area contributed by atoms with Gasteiger partial charge in [-0.15, -0.1) is 0 Å². The van der Waals surface area contributed by atoms with Crippen LogP contribution in [-0.2, 0) is 6.54 Å². The first-order valence-electron chi connectivity index (χ1n) is 8.39. The average Bonchev–Trinajstić information content (AvgIpc) is 2.63. The van der Waals surface area contributed by atoms with Gasteiger partial charge in [0.25, 0.3) is 5.91 Å². The lowest BCUT2D eigenvalue weighted by Crippen LogP contribution is -2.24. The van der Waals surface area contributed by atoms with Gasteiger partial charge in [0.2, 0.25) is 0 Å². The van der Waals surface area contributed by atoms with Crippen molar-refractivity contribution in [2.75, 3.05) is 5.32 Å². The van der Waals surface area contributed by atoms with Crippen molar-refractivity contribution in [1.29, 1.82) is 0 Å². The highest BCUT2D eigenvalue weighted by Gasteiger charge is 2.11. The van der Waals surface area contributed by atoms with Crippen molar-refractivity contribution in [1.82, 2.24) is 20.3 Å². The van der Waals surface area contributed by atoms with Gasteiger partial charge in [0.1, 0.15) is 17.3 Å². The van der Waals surface area contributed by atoms with Gasteiger partial charge >= 0.3 is 0 Å². The van der Waals surface area contributed by atoms with E-state index in [0.717, 1.165) is 11.4 Å². The Hall–Kier alpha value is -3.28. The molecule has 0 bridgehead atoms. The van der Waals surface area contributed by atoms with Crippen molar-refractivity contribution in [3.8, 4) is 0 Å². The monoisotopic (exact) mass is 347 g/mol. The second-order valence-electron chi connectivity index (χ2n) is 6.11. The highest BCUT2D eigenvalue weighted by Crippen LogP contribution is 2.19. The Morgan fingerprint density at radius 1 is 1.00 bits per heavy atom. The molecule has 0 unspecified atom stereocenters. The topological polar surface area (TPSA) is 79.8 Å². The van der Waals surface area contributed by atoms with E-state index in [-0.39, 0.29) is 5.91 Å². The van der Waals surface area contributed by atoms with Crippen LogP contribution in [0, 0.1) is 20.8 Å². The number of amides is 1. The molecule has 132 valence electrons. The normalized spacial score (nSPS) is 10.4. The summed E-state index contributed by atoms with van der Waals surface area (Å²) in [5.41, 5.74) is 4.45. The number of benzene rings is 1. The number of rotatable bonds is 5. The molecule has 2 N–H and O–H groups in total. The van der Waals surface area contributed by atoms with E-state index < -0.39 is 0 Å². The Labute approximate surface area is 152 Å². The maximum Gasteiger partial charge on any atom is 0.270 e. The minimum atomic E-state index is -0.260. The predicted molar refractivity (Wildman–Crippen MR) is 101 cm³/mol. The molecule has 1 amide bonds. The van der Waals surface area contributed by atoms with Crippen molar-refractivity contribution in [3.05, 3.63) is 77.0 Å². The number of pyridine rings is 1.